The zero-order valence-corrected chi connectivity index (χ0v) is 21.0. The van der Waals surface area contributed by atoms with Crippen molar-refractivity contribution in [2.24, 2.45) is 0 Å². The van der Waals surface area contributed by atoms with E-state index in [4.69, 9.17) is 0 Å². The molecule has 1 saturated heterocycles. The van der Waals surface area contributed by atoms with Gasteiger partial charge in [0.15, 0.2) is 0 Å². The number of rotatable bonds is 7. The van der Waals surface area contributed by atoms with Gasteiger partial charge < -0.3 is 10.2 Å². The second kappa shape index (κ2) is 9.79. The third-order valence-corrected chi connectivity index (χ3v) is 8.65. The van der Waals surface area contributed by atoms with E-state index in [0.29, 0.717) is 18.8 Å². The maximum absolute atomic E-state index is 13.2. The monoisotopic (exact) mass is 498 g/mol. The molecule has 3 amide bonds. The molecule has 2 heterocycles. The summed E-state index contributed by atoms with van der Waals surface area (Å²) in [5.41, 5.74) is 1.80. The number of fused-ring (bicyclic) bond motifs is 1. The lowest BCUT2D eigenvalue weighted by atomic mass is 10.0. The third kappa shape index (κ3) is 4.55. The van der Waals surface area contributed by atoms with Gasteiger partial charge in [-0.2, -0.15) is 4.31 Å². The summed E-state index contributed by atoms with van der Waals surface area (Å²) in [6.07, 6.45) is 3.16. The predicted octanol–water partition coefficient (Wildman–Crippen LogP) is 3.19. The molecule has 0 spiro atoms. The predicted molar refractivity (Wildman–Crippen MR) is 133 cm³/mol. The maximum atomic E-state index is 13.2. The molecule has 2 aromatic rings. The SMILES string of the molecule is CCN(CC)S(=O)(=O)c1ccc(N2CCCCC2)c(NC(=O)c2ccc3c(c2)C(=O)N(C)C3=O)c1. The van der Waals surface area contributed by atoms with Crippen molar-refractivity contribution in [1.29, 1.82) is 0 Å². The maximum Gasteiger partial charge on any atom is 0.261 e. The van der Waals surface area contributed by atoms with Crippen molar-refractivity contribution in [2.75, 3.05) is 43.4 Å². The number of hydrogen-bond donors (Lipinski definition) is 1. The minimum Gasteiger partial charge on any atom is -0.370 e. The van der Waals surface area contributed by atoms with E-state index in [1.165, 1.54) is 35.6 Å². The van der Waals surface area contributed by atoms with Crippen LogP contribution in [0, 0.1) is 0 Å². The number of carbonyl (C=O) groups excluding carboxylic acids is 3. The second-order valence-corrected chi connectivity index (χ2v) is 10.6. The van der Waals surface area contributed by atoms with Crippen LogP contribution < -0.4 is 10.2 Å². The summed E-state index contributed by atoms with van der Waals surface area (Å²) in [5, 5.41) is 2.87. The van der Waals surface area contributed by atoms with Crippen LogP contribution in [-0.2, 0) is 10.0 Å². The standard InChI is InChI=1S/C25H30N4O5S/c1-4-29(5-2)35(33,34)18-10-12-22(28-13-7-6-8-14-28)21(16-18)26-23(30)17-9-11-19-20(15-17)25(32)27(3)24(19)31/h9-12,15-16H,4-8,13-14H2,1-3H3,(H,26,30). The van der Waals surface area contributed by atoms with Gasteiger partial charge in [-0.1, -0.05) is 13.8 Å². The molecule has 9 nitrogen and oxygen atoms in total. The van der Waals surface area contributed by atoms with Crippen LogP contribution in [0.3, 0.4) is 0 Å². The fraction of sp³-hybridized carbons (Fsp3) is 0.400. The Hall–Kier alpha value is -3.24. The molecule has 4 rings (SSSR count). The highest BCUT2D eigenvalue weighted by atomic mass is 32.2. The van der Waals surface area contributed by atoms with E-state index in [1.807, 2.05) is 0 Å². The highest BCUT2D eigenvalue weighted by molar-refractivity contribution is 7.89. The minimum atomic E-state index is -3.72. The van der Waals surface area contributed by atoms with E-state index < -0.39 is 27.7 Å². The molecule has 1 fully saturated rings. The Labute approximate surface area is 205 Å². The Morgan fingerprint density at radius 2 is 1.60 bits per heavy atom. The Kier molecular flexibility index (Phi) is 6.95. The van der Waals surface area contributed by atoms with Gasteiger partial charge in [-0.05, 0) is 55.7 Å². The van der Waals surface area contributed by atoms with E-state index >= 15 is 0 Å². The molecule has 0 bridgehead atoms. The number of imide groups is 1. The van der Waals surface area contributed by atoms with Gasteiger partial charge in [0.05, 0.1) is 27.4 Å². The normalized spacial score (nSPS) is 16.1. The quantitative estimate of drug-likeness (QED) is 0.588. The number of nitrogens with zero attached hydrogens (tertiary/aromatic N) is 3. The molecule has 10 heteroatoms. The first-order chi connectivity index (χ1) is 16.7. The fourth-order valence-corrected chi connectivity index (χ4v) is 6.08. The molecular weight excluding hydrogens is 468 g/mol. The number of sulfonamides is 1. The highest BCUT2D eigenvalue weighted by Crippen LogP contribution is 2.33. The lowest BCUT2D eigenvalue weighted by Gasteiger charge is -2.31. The number of nitrogens with one attached hydrogen (secondary N) is 1. The van der Waals surface area contributed by atoms with Crippen LogP contribution in [0.15, 0.2) is 41.3 Å². The number of hydrogen-bond acceptors (Lipinski definition) is 6. The van der Waals surface area contributed by atoms with Crippen LogP contribution >= 0.6 is 0 Å². The molecule has 0 aromatic heterocycles. The summed E-state index contributed by atoms with van der Waals surface area (Å²) in [6.45, 7) is 5.86. The smallest absolute Gasteiger partial charge is 0.261 e. The van der Waals surface area contributed by atoms with Gasteiger partial charge in [0.1, 0.15) is 0 Å². The number of amides is 3. The molecule has 0 atom stereocenters. The fourth-order valence-electron chi connectivity index (χ4n) is 4.60. The number of anilines is 2. The van der Waals surface area contributed by atoms with E-state index in [-0.39, 0.29) is 21.6 Å². The first-order valence-corrected chi connectivity index (χ1v) is 13.3. The molecule has 0 aliphatic carbocycles. The van der Waals surface area contributed by atoms with Crippen LogP contribution in [0.25, 0.3) is 0 Å². The number of carbonyl (C=O) groups is 3. The van der Waals surface area contributed by atoms with Crippen molar-refractivity contribution >= 4 is 39.1 Å². The average Bonchev–Trinajstić information content (AvgIpc) is 3.08. The van der Waals surface area contributed by atoms with Crippen molar-refractivity contribution in [2.45, 2.75) is 38.0 Å². The minimum absolute atomic E-state index is 0.105. The van der Waals surface area contributed by atoms with Crippen LogP contribution in [-0.4, -0.2) is 68.6 Å². The van der Waals surface area contributed by atoms with E-state index in [0.717, 1.165) is 42.9 Å². The van der Waals surface area contributed by atoms with Gasteiger partial charge in [0, 0.05) is 38.8 Å². The molecule has 1 N–H and O–H groups in total. The van der Waals surface area contributed by atoms with Crippen LogP contribution in [0.2, 0.25) is 0 Å². The third-order valence-electron chi connectivity index (χ3n) is 6.61. The Balaban J connectivity index is 1.71. The summed E-state index contributed by atoms with van der Waals surface area (Å²) in [7, 11) is -2.32. The van der Waals surface area contributed by atoms with Gasteiger partial charge in [-0.3, -0.25) is 19.3 Å². The summed E-state index contributed by atoms with van der Waals surface area (Å²) in [5.74, 6) is -1.35. The van der Waals surface area contributed by atoms with Crippen molar-refractivity contribution in [3.05, 3.63) is 53.1 Å². The lowest BCUT2D eigenvalue weighted by Crippen LogP contribution is -2.32. The Morgan fingerprint density at radius 1 is 0.943 bits per heavy atom. The van der Waals surface area contributed by atoms with Crippen LogP contribution in [0.4, 0.5) is 11.4 Å². The first kappa shape index (κ1) is 24.9. The Morgan fingerprint density at radius 3 is 2.26 bits per heavy atom. The van der Waals surface area contributed by atoms with Gasteiger partial charge in [-0.15, -0.1) is 0 Å². The molecule has 0 unspecified atom stereocenters. The van der Waals surface area contributed by atoms with Crippen molar-refractivity contribution < 1.29 is 22.8 Å². The summed E-state index contributed by atoms with van der Waals surface area (Å²) in [6, 6.07) is 9.22. The highest BCUT2D eigenvalue weighted by Gasteiger charge is 2.33. The number of benzene rings is 2. The van der Waals surface area contributed by atoms with Gasteiger partial charge in [0.2, 0.25) is 10.0 Å². The van der Waals surface area contributed by atoms with Crippen molar-refractivity contribution in [3.8, 4) is 0 Å². The van der Waals surface area contributed by atoms with Crippen LogP contribution in [0.1, 0.15) is 64.2 Å². The van der Waals surface area contributed by atoms with Gasteiger partial charge in [0.25, 0.3) is 17.7 Å². The zero-order valence-electron chi connectivity index (χ0n) is 20.2. The van der Waals surface area contributed by atoms with Crippen LogP contribution in [0.5, 0.6) is 0 Å². The summed E-state index contributed by atoms with van der Waals surface area (Å²) < 4.78 is 27.7. The second-order valence-electron chi connectivity index (χ2n) is 8.70. The van der Waals surface area contributed by atoms with E-state index in [2.05, 4.69) is 10.2 Å². The molecule has 2 aromatic carbocycles. The van der Waals surface area contributed by atoms with Crippen molar-refractivity contribution in [1.82, 2.24) is 9.21 Å². The van der Waals surface area contributed by atoms with E-state index in [1.54, 1.807) is 26.0 Å². The zero-order chi connectivity index (χ0) is 25.3. The number of piperidine rings is 1. The first-order valence-electron chi connectivity index (χ1n) is 11.9. The molecule has 0 saturated carbocycles. The summed E-state index contributed by atoms with van der Waals surface area (Å²) in [4.78, 5) is 41.0. The molecule has 2 aliphatic rings. The molecular formula is C25H30N4O5S. The summed E-state index contributed by atoms with van der Waals surface area (Å²) >= 11 is 0. The van der Waals surface area contributed by atoms with Gasteiger partial charge >= 0.3 is 0 Å². The van der Waals surface area contributed by atoms with Crippen molar-refractivity contribution in [3.63, 3.8) is 0 Å². The molecule has 35 heavy (non-hydrogen) atoms. The average molecular weight is 499 g/mol. The molecule has 186 valence electrons. The topological polar surface area (TPSA) is 107 Å². The Bertz CT molecular complexity index is 1280. The largest absolute Gasteiger partial charge is 0.370 e. The molecule has 0 radical (unpaired) electrons. The van der Waals surface area contributed by atoms with E-state index in [9.17, 15) is 22.8 Å². The lowest BCUT2D eigenvalue weighted by molar-refractivity contribution is 0.0693. The molecule has 2 aliphatic heterocycles. The van der Waals surface area contributed by atoms with Gasteiger partial charge in [-0.25, -0.2) is 8.42 Å².